The van der Waals surface area contributed by atoms with Gasteiger partial charge in [-0.1, -0.05) is 28.9 Å². The van der Waals surface area contributed by atoms with Gasteiger partial charge >= 0.3 is 0 Å². The number of fused-ring (bicyclic) bond motifs is 1. The number of aromatic nitrogens is 3. The van der Waals surface area contributed by atoms with E-state index in [0.29, 0.717) is 21.8 Å². The van der Waals surface area contributed by atoms with Gasteiger partial charge < -0.3 is 4.74 Å². The number of rotatable bonds is 3. The highest BCUT2D eigenvalue weighted by molar-refractivity contribution is 6.32. The monoisotopic (exact) mass is 329 g/mol. The fourth-order valence-corrected chi connectivity index (χ4v) is 2.87. The minimum Gasteiger partial charge on any atom is -0.482 e. The Morgan fingerprint density at radius 3 is 2.70 bits per heavy atom. The fourth-order valence-electron chi connectivity index (χ4n) is 2.50. The zero-order valence-corrected chi connectivity index (χ0v) is 13.9. The summed E-state index contributed by atoms with van der Waals surface area (Å²) < 4.78 is 6.87. The van der Waals surface area contributed by atoms with E-state index >= 15 is 0 Å². The standard InChI is InChI=1S/C17H16ClN3O2/c1-10-4-5-15-14(8-10)19-20-21(15)16(22)9-23-17-12(3)6-11(2)7-13(17)18/h4-8H,9H2,1-3H3. The molecule has 0 unspecified atom stereocenters. The summed E-state index contributed by atoms with van der Waals surface area (Å²) in [6.07, 6.45) is 0. The van der Waals surface area contributed by atoms with E-state index in [4.69, 9.17) is 16.3 Å². The van der Waals surface area contributed by atoms with Crippen molar-refractivity contribution in [3.8, 4) is 5.75 Å². The predicted molar refractivity (Wildman–Crippen MR) is 89.3 cm³/mol. The number of benzene rings is 2. The first kappa shape index (κ1) is 15.5. The third kappa shape index (κ3) is 3.05. The van der Waals surface area contributed by atoms with Gasteiger partial charge in [0.2, 0.25) is 0 Å². The van der Waals surface area contributed by atoms with Gasteiger partial charge in [-0.3, -0.25) is 4.79 Å². The fraction of sp³-hybridized carbons (Fsp3) is 0.235. The minimum atomic E-state index is -0.299. The molecule has 118 valence electrons. The van der Waals surface area contributed by atoms with Crippen LogP contribution in [-0.4, -0.2) is 27.5 Å². The molecule has 0 aliphatic carbocycles. The quantitative estimate of drug-likeness (QED) is 0.734. The zero-order chi connectivity index (χ0) is 16.6. The molecule has 1 heterocycles. The Labute approximate surface area is 138 Å². The highest BCUT2D eigenvalue weighted by atomic mass is 35.5. The van der Waals surface area contributed by atoms with Crippen molar-refractivity contribution in [3.63, 3.8) is 0 Å². The van der Waals surface area contributed by atoms with Gasteiger partial charge in [0, 0.05) is 0 Å². The number of halogens is 1. The molecule has 1 aromatic heterocycles. The number of ether oxygens (including phenoxy) is 1. The molecule has 3 aromatic rings. The highest BCUT2D eigenvalue weighted by Crippen LogP contribution is 2.29. The maximum Gasteiger partial charge on any atom is 0.286 e. The molecular formula is C17H16ClN3O2. The van der Waals surface area contributed by atoms with Crippen molar-refractivity contribution in [2.24, 2.45) is 0 Å². The second-order valence-electron chi connectivity index (χ2n) is 5.57. The van der Waals surface area contributed by atoms with Gasteiger partial charge in [0.15, 0.2) is 6.61 Å². The molecule has 0 fully saturated rings. The van der Waals surface area contributed by atoms with E-state index in [1.807, 2.05) is 51.1 Å². The average Bonchev–Trinajstić information content (AvgIpc) is 2.88. The van der Waals surface area contributed by atoms with E-state index in [1.54, 1.807) is 0 Å². The molecule has 0 saturated carbocycles. The Hall–Kier alpha value is -2.40. The molecule has 0 saturated heterocycles. The van der Waals surface area contributed by atoms with Crippen molar-refractivity contribution in [3.05, 3.63) is 52.0 Å². The van der Waals surface area contributed by atoms with E-state index < -0.39 is 0 Å². The molecule has 0 bridgehead atoms. The van der Waals surface area contributed by atoms with Crippen molar-refractivity contribution < 1.29 is 9.53 Å². The third-order valence-corrected chi connectivity index (χ3v) is 3.83. The van der Waals surface area contributed by atoms with Crippen LogP contribution in [0.25, 0.3) is 11.0 Å². The van der Waals surface area contributed by atoms with Crippen LogP contribution in [0.1, 0.15) is 21.5 Å². The first-order chi connectivity index (χ1) is 11.0. The minimum absolute atomic E-state index is 0.157. The third-order valence-electron chi connectivity index (χ3n) is 3.55. The maximum atomic E-state index is 12.4. The summed E-state index contributed by atoms with van der Waals surface area (Å²) in [5, 5.41) is 8.42. The van der Waals surface area contributed by atoms with Crippen LogP contribution in [-0.2, 0) is 0 Å². The van der Waals surface area contributed by atoms with Crippen LogP contribution in [0.15, 0.2) is 30.3 Å². The summed E-state index contributed by atoms with van der Waals surface area (Å²) in [7, 11) is 0. The van der Waals surface area contributed by atoms with Crippen LogP contribution >= 0.6 is 11.6 Å². The largest absolute Gasteiger partial charge is 0.482 e. The van der Waals surface area contributed by atoms with Crippen LogP contribution in [0.5, 0.6) is 5.75 Å². The van der Waals surface area contributed by atoms with Crippen molar-refractivity contribution in [2.45, 2.75) is 20.8 Å². The number of aryl methyl sites for hydroxylation is 3. The van der Waals surface area contributed by atoms with Gasteiger partial charge in [-0.15, -0.1) is 5.10 Å². The lowest BCUT2D eigenvalue weighted by molar-refractivity contribution is 0.0824. The molecule has 0 spiro atoms. The van der Waals surface area contributed by atoms with E-state index in [9.17, 15) is 4.79 Å². The SMILES string of the molecule is Cc1cc(C)c(OCC(=O)n2nnc3cc(C)ccc32)c(Cl)c1. The Morgan fingerprint density at radius 1 is 1.17 bits per heavy atom. The first-order valence-electron chi connectivity index (χ1n) is 7.20. The van der Waals surface area contributed by atoms with Crippen molar-refractivity contribution in [1.82, 2.24) is 15.0 Å². The van der Waals surface area contributed by atoms with E-state index in [2.05, 4.69) is 10.3 Å². The Morgan fingerprint density at radius 2 is 1.96 bits per heavy atom. The number of hydrogen-bond acceptors (Lipinski definition) is 4. The van der Waals surface area contributed by atoms with Crippen molar-refractivity contribution in [2.75, 3.05) is 6.61 Å². The molecule has 0 aliphatic rings. The highest BCUT2D eigenvalue weighted by Gasteiger charge is 2.14. The summed E-state index contributed by atoms with van der Waals surface area (Å²) in [6, 6.07) is 9.39. The maximum absolute atomic E-state index is 12.4. The number of carbonyl (C=O) groups excluding carboxylic acids is 1. The topological polar surface area (TPSA) is 57.0 Å². The lowest BCUT2D eigenvalue weighted by atomic mass is 10.1. The second kappa shape index (κ2) is 6.01. The van der Waals surface area contributed by atoms with Gasteiger partial charge in [0.05, 0.1) is 10.5 Å². The lowest BCUT2D eigenvalue weighted by Gasteiger charge is -2.11. The van der Waals surface area contributed by atoms with Crippen LogP contribution in [0.4, 0.5) is 0 Å². The van der Waals surface area contributed by atoms with Crippen LogP contribution in [0.3, 0.4) is 0 Å². The molecule has 3 rings (SSSR count). The Kier molecular flexibility index (Phi) is 4.05. The molecule has 5 nitrogen and oxygen atoms in total. The summed E-state index contributed by atoms with van der Waals surface area (Å²) in [5.41, 5.74) is 4.35. The van der Waals surface area contributed by atoms with Crippen molar-refractivity contribution in [1.29, 1.82) is 0 Å². The van der Waals surface area contributed by atoms with Gasteiger partial charge in [0.1, 0.15) is 11.3 Å². The summed E-state index contributed by atoms with van der Waals surface area (Å²) >= 11 is 6.18. The zero-order valence-electron chi connectivity index (χ0n) is 13.1. The van der Waals surface area contributed by atoms with Gasteiger partial charge in [-0.2, -0.15) is 4.68 Å². The normalized spacial score (nSPS) is 11.0. The number of hydrogen-bond donors (Lipinski definition) is 0. The van der Waals surface area contributed by atoms with E-state index in [0.717, 1.165) is 16.7 Å². The molecule has 0 N–H and O–H groups in total. The molecule has 23 heavy (non-hydrogen) atoms. The second-order valence-corrected chi connectivity index (χ2v) is 5.98. The smallest absolute Gasteiger partial charge is 0.286 e. The summed E-state index contributed by atoms with van der Waals surface area (Å²) in [6.45, 7) is 5.66. The van der Waals surface area contributed by atoms with Gasteiger partial charge in [0.25, 0.3) is 5.91 Å². The Balaban J connectivity index is 1.82. The molecule has 0 atom stereocenters. The Bertz CT molecular complexity index is 879. The first-order valence-corrected chi connectivity index (χ1v) is 7.58. The van der Waals surface area contributed by atoms with Gasteiger partial charge in [-0.05, 0) is 55.7 Å². The van der Waals surface area contributed by atoms with E-state index in [1.165, 1.54) is 4.68 Å². The number of carbonyl (C=O) groups is 1. The molecule has 0 amide bonds. The average molecular weight is 330 g/mol. The molecule has 0 aliphatic heterocycles. The van der Waals surface area contributed by atoms with Crippen LogP contribution in [0, 0.1) is 20.8 Å². The molecule has 2 aromatic carbocycles. The molecule has 0 radical (unpaired) electrons. The molecular weight excluding hydrogens is 314 g/mol. The van der Waals surface area contributed by atoms with Gasteiger partial charge in [-0.25, -0.2) is 0 Å². The van der Waals surface area contributed by atoms with E-state index in [-0.39, 0.29) is 12.5 Å². The predicted octanol–water partition coefficient (Wildman–Crippen LogP) is 3.73. The lowest BCUT2D eigenvalue weighted by Crippen LogP contribution is -2.20. The van der Waals surface area contributed by atoms with Crippen LogP contribution < -0.4 is 4.74 Å². The summed E-state index contributed by atoms with van der Waals surface area (Å²) in [4.78, 5) is 12.4. The number of nitrogens with zero attached hydrogens (tertiary/aromatic N) is 3. The van der Waals surface area contributed by atoms with Crippen molar-refractivity contribution >= 4 is 28.5 Å². The summed E-state index contributed by atoms with van der Waals surface area (Å²) in [5.74, 6) is 0.221. The molecule has 6 heteroatoms. The van der Waals surface area contributed by atoms with Crippen LogP contribution in [0.2, 0.25) is 5.02 Å².